The molecule has 0 radical (unpaired) electrons. The summed E-state index contributed by atoms with van der Waals surface area (Å²) < 4.78 is 5.39. The molecule has 0 saturated carbocycles. The number of nitrogens with one attached hydrogen (secondary N) is 1. The average Bonchev–Trinajstić information content (AvgIpc) is 2.75. The molecule has 0 aliphatic heterocycles. The fourth-order valence-corrected chi connectivity index (χ4v) is 2.38. The van der Waals surface area contributed by atoms with Gasteiger partial charge in [0, 0.05) is 6.04 Å². The van der Waals surface area contributed by atoms with Gasteiger partial charge in [0.2, 0.25) is 0 Å². The molecule has 1 unspecified atom stereocenters. The van der Waals surface area contributed by atoms with Crippen LogP contribution in [0.3, 0.4) is 0 Å². The van der Waals surface area contributed by atoms with Crippen molar-refractivity contribution in [3.05, 3.63) is 59.0 Å². The minimum absolute atomic E-state index is 0.123. The van der Waals surface area contributed by atoms with Crippen molar-refractivity contribution in [2.24, 2.45) is 5.41 Å². The van der Waals surface area contributed by atoms with Crippen LogP contribution >= 0.6 is 11.6 Å². The average molecular weight is 278 g/mol. The predicted octanol–water partition coefficient (Wildman–Crippen LogP) is 4.81. The standard InChI is InChI=1S/C16H20ClNO/c1-16(2,3)15(12-7-5-4-6-8-12)18-11-13-9-10-14(17)19-13/h4-10,15,18H,11H2,1-3H3. The van der Waals surface area contributed by atoms with Gasteiger partial charge in [-0.15, -0.1) is 0 Å². The Labute approximate surface area is 119 Å². The molecule has 0 aliphatic rings. The van der Waals surface area contributed by atoms with Crippen LogP contribution in [0.15, 0.2) is 46.9 Å². The zero-order chi connectivity index (χ0) is 13.9. The molecule has 1 aromatic heterocycles. The molecule has 19 heavy (non-hydrogen) atoms. The Morgan fingerprint density at radius 2 is 1.79 bits per heavy atom. The third-order valence-corrected chi connectivity index (χ3v) is 3.31. The molecular weight excluding hydrogens is 258 g/mol. The summed E-state index contributed by atoms with van der Waals surface area (Å²) in [7, 11) is 0. The van der Waals surface area contributed by atoms with E-state index in [0.29, 0.717) is 11.8 Å². The Hall–Kier alpha value is -1.25. The Morgan fingerprint density at radius 3 is 2.32 bits per heavy atom. The predicted molar refractivity (Wildman–Crippen MR) is 79.2 cm³/mol. The van der Waals surface area contributed by atoms with Crippen LogP contribution in [-0.2, 0) is 6.54 Å². The summed E-state index contributed by atoms with van der Waals surface area (Å²) in [6.07, 6.45) is 0. The van der Waals surface area contributed by atoms with Crippen LogP contribution < -0.4 is 5.32 Å². The van der Waals surface area contributed by atoms with E-state index in [9.17, 15) is 0 Å². The summed E-state index contributed by atoms with van der Waals surface area (Å²) in [5.74, 6) is 0.857. The van der Waals surface area contributed by atoms with Crippen LogP contribution in [0, 0.1) is 5.41 Å². The van der Waals surface area contributed by atoms with Crippen molar-refractivity contribution in [2.75, 3.05) is 0 Å². The lowest BCUT2D eigenvalue weighted by atomic mass is 9.82. The molecule has 2 rings (SSSR count). The highest BCUT2D eigenvalue weighted by molar-refractivity contribution is 6.28. The molecule has 0 aliphatic carbocycles. The minimum atomic E-state index is 0.123. The van der Waals surface area contributed by atoms with Gasteiger partial charge in [0.15, 0.2) is 5.22 Å². The van der Waals surface area contributed by atoms with Crippen molar-refractivity contribution in [2.45, 2.75) is 33.4 Å². The summed E-state index contributed by atoms with van der Waals surface area (Å²) in [6.45, 7) is 7.36. The molecule has 1 aromatic carbocycles. The van der Waals surface area contributed by atoms with E-state index in [1.54, 1.807) is 6.07 Å². The van der Waals surface area contributed by atoms with Crippen molar-refractivity contribution in [3.63, 3.8) is 0 Å². The van der Waals surface area contributed by atoms with Crippen LogP contribution in [0.2, 0.25) is 5.22 Å². The highest BCUT2D eigenvalue weighted by Gasteiger charge is 2.25. The van der Waals surface area contributed by atoms with Crippen molar-refractivity contribution in [1.82, 2.24) is 5.32 Å². The molecular formula is C16H20ClNO. The molecule has 2 aromatic rings. The van der Waals surface area contributed by atoms with Gasteiger partial charge < -0.3 is 9.73 Å². The number of hydrogen-bond acceptors (Lipinski definition) is 2. The zero-order valence-electron chi connectivity index (χ0n) is 11.6. The molecule has 3 heteroatoms. The van der Waals surface area contributed by atoms with Gasteiger partial charge in [-0.3, -0.25) is 0 Å². The van der Waals surface area contributed by atoms with Gasteiger partial charge in [0.25, 0.3) is 0 Å². The highest BCUT2D eigenvalue weighted by Crippen LogP contribution is 2.33. The van der Waals surface area contributed by atoms with Gasteiger partial charge in [-0.2, -0.15) is 0 Å². The summed E-state index contributed by atoms with van der Waals surface area (Å²) in [5, 5.41) is 3.99. The van der Waals surface area contributed by atoms with E-state index in [1.807, 2.05) is 12.1 Å². The first-order valence-corrected chi connectivity index (χ1v) is 6.87. The molecule has 0 fully saturated rings. The van der Waals surface area contributed by atoms with E-state index in [1.165, 1.54) is 5.56 Å². The van der Waals surface area contributed by atoms with Crippen molar-refractivity contribution in [3.8, 4) is 0 Å². The monoisotopic (exact) mass is 277 g/mol. The maximum absolute atomic E-state index is 5.79. The minimum Gasteiger partial charge on any atom is -0.448 e. The van der Waals surface area contributed by atoms with Crippen molar-refractivity contribution >= 4 is 11.6 Å². The number of hydrogen-bond donors (Lipinski definition) is 1. The van der Waals surface area contributed by atoms with E-state index in [4.69, 9.17) is 16.0 Å². The molecule has 0 amide bonds. The largest absolute Gasteiger partial charge is 0.448 e. The van der Waals surface area contributed by atoms with Crippen LogP contribution in [0.5, 0.6) is 0 Å². The van der Waals surface area contributed by atoms with E-state index >= 15 is 0 Å². The van der Waals surface area contributed by atoms with E-state index < -0.39 is 0 Å². The van der Waals surface area contributed by atoms with Crippen LogP contribution in [-0.4, -0.2) is 0 Å². The molecule has 2 nitrogen and oxygen atoms in total. The van der Waals surface area contributed by atoms with Gasteiger partial charge >= 0.3 is 0 Å². The Balaban J connectivity index is 2.11. The maximum Gasteiger partial charge on any atom is 0.193 e. The number of benzene rings is 1. The first-order chi connectivity index (χ1) is 8.97. The second kappa shape index (κ2) is 5.81. The van der Waals surface area contributed by atoms with E-state index in [-0.39, 0.29) is 11.5 Å². The SMILES string of the molecule is CC(C)(C)C(NCc1ccc(Cl)o1)c1ccccc1. The first kappa shape index (κ1) is 14.2. The Bertz CT molecular complexity index is 513. The molecule has 1 N–H and O–H groups in total. The van der Waals surface area contributed by atoms with Crippen LogP contribution in [0.25, 0.3) is 0 Å². The summed E-state index contributed by atoms with van der Waals surface area (Å²) in [6, 6.07) is 14.4. The third kappa shape index (κ3) is 3.85. The smallest absolute Gasteiger partial charge is 0.193 e. The lowest BCUT2D eigenvalue weighted by molar-refractivity contribution is 0.264. The van der Waals surface area contributed by atoms with Crippen LogP contribution in [0.4, 0.5) is 0 Å². The van der Waals surface area contributed by atoms with Gasteiger partial charge in [0.1, 0.15) is 5.76 Å². The fourth-order valence-electron chi connectivity index (χ4n) is 2.22. The number of furan rings is 1. The molecule has 0 bridgehead atoms. The number of halogens is 1. The zero-order valence-corrected chi connectivity index (χ0v) is 12.4. The quantitative estimate of drug-likeness (QED) is 0.867. The van der Waals surface area contributed by atoms with Crippen LogP contribution in [0.1, 0.15) is 38.1 Å². The molecule has 0 spiro atoms. The molecule has 1 heterocycles. The normalized spacial score (nSPS) is 13.5. The summed E-state index contributed by atoms with van der Waals surface area (Å²) >= 11 is 5.79. The lowest BCUT2D eigenvalue weighted by Crippen LogP contribution is -2.31. The third-order valence-electron chi connectivity index (χ3n) is 3.11. The number of rotatable bonds is 4. The fraction of sp³-hybridized carbons (Fsp3) is 0.375. The van der Waals surface area contributed by atoms with Crippen molar-refractivity contribution < 1.29 is 4.42 Å². The van der Waals surface area contributed by atoms with Gasteiger partial charge in [-0.1, -0.05) is 51.1 Å². The van der Waals surface area contributed by atoms with E-state index in [2.05, 4.69) is 50.4 Å². The summed E-state index contributed by atoms with van der Waals surface area (Å²) in [4.78, 5) is 0. The topological polar surface area (TPSA) is 25.2 Å². The van der Waals surface area contributed by atoms with Crippen molar-refractivity contribution in [1.29, 1.82) is 0 Å². The van der Waals surface area contributed by atoms with Gasteiger partial charge in [-0.05, 0) is 34.7 Å². The molecule has 1 atom stereocenters. The lowest BCUT2D eigenvalue weighted by Gasteiger charge is -2.32. The Kier molecular flexibility index (Phi) is 4.33. The van der Waals surface area contributed by atoms with E-state index in [0.717, 1.165) is 5.76 Å². The molecule has 0 saturated heterocycles. The van der Waals surface area contributed by atoms with Gasteiger partial charge in [0.05, 0.1) is 6.54 Å². The highest BCUT2D eigenvalue weighted by atomic mass is 35.5. The second-order valence-corrected chi connectivity index (χ2v) is 6.17. The maximum atomic E-state index is 5.79. The molecule has 102 valence electrons. The Morgan fingerprint density at radius 1 is 1.11 bits per heavy atom. The summed E-state index contributed by atoms with van der Waals surface area (Å²) in [5.41, 5.74) is 1.41. The first-order valence-electron chi connectivity index (χ1n) is 6.49. The van der Waals surface area contributed by atoms with Gasteiger partial charge in [-0.25, -0.2) is 0 Å². The second-order valence-electron chi connectivity index (χ2n) is 5.80.